The predicted octanol–water partition coefficient (Wildman–Crippen LogP) is 2.10. The van der Waals surface area contributed by atoms with Crippen molar-refractivity contribution in [1.29, 1.82) is 0 Å². The van der Waals surface area contributed by atoms with Crippen molar-refractivity contribution in [2.45, 2.75) is 20.1 Å². The van der Waals surface area contributed by atoms with Crippen LogP contribution in [0.4, 0.5) is 5.82 Å². The van der Waals surface area contributed by atoms with E-state index in [9.17, 15) is 0 Å². The Labute approximate surface area is 112 Å². The zero-order valence-corrected chi connectivity index (χ0v) is 11.8. The number of ether oxygens (including phenoxy) is 2. The van der Waals surface area contributed by atoms with Gasteiger partial charge in [-0.2, -0.15) is 0 Å². The highest BCUT2D eigenvalue weighted by atomic mass is 16.7. The zero-order valence-electron chi connectivity index (χ0n) is 11.8. The summed E-state index contributed by atoms with van der Waals surface area (Å²) in [6, 6.07) is 3.91. The van der Waals surface area contributed by atoms with Gasteiger partial charge in [0.2, 0.25) is 6.29 Å². The molecule has 2 rings (SSSR count). The third-order valence-corrected chi connectivity index (χ3v) is 2.67. The van der Waals surface area contributed by atoms with Crippen molar-refractivity contribution in [3.8, 4) is 0 Å². The average Bonchev–Trinajstić information content (AvgIpc) is 2.80. The van der Waals surface area contributed by atoms with E-state index in [-0.39, 0.29) is 0 Å². The molecule has 0 amide bonds. The largest absolute Gasteiger partial charge is 0.363 e. The second kappa shape index (κ2) is 5.99. The van der Waals surface area contributed by atoms with Crippen LogP contribution in [0.1, 0.15) is 26.0 Å². The Hall–Kier alpha value is -1.66. The maximum atomic E-state index is 5.52. The summed E-state index contributed by atoms with van der Waals surface area (Å²) in [4.78, 5) is 14.1. The van der Waals surface area contributed by atoms with Gasteiger partial charge >= 0.3 is 0 Å². The number of hydrogen-bond acceptors (Lipinski definition) is 5. The first-order valence-electron chi connectivity index (χ1n) is 6.42. The van der Waals surface area contributed by atoms with E-state index < -0.39 is 6.29 Å². The van der Waals surface area contributed by atoms with Crippen LogP contribution in [0.15, 0.2) is 12.1 Å². The molecule has 2 aromatic rings. The lowest BCUT2D eigenvalue weighted by atomic mass is 10.4. The Kier molecular flexibility index (Phi) is 4.34. The summed E-state index contributed by atoms with van der Waals surface area (Å²) in [6.07, 6.45) is -0.466. The average molecular weight is 264 g/mol. The molecule has 104 valence electrons. The van der Waals surface area contributed by atoms with Gasteiger partial charge in [-0.3, -0.25) is 0 Å². The van der Waals surface area contributed by atoms with Crippen LogP contribution in [-0.2, 0) is 9.47 Å². The molecule has 0 bridgehead atoms. The molecule has 2 heterocycles. The Balaban J connectivity index is 2.33. The number of anilines is 1. The molecule has 0 aromatic carbocycles. The maximum absolute atomic E-state index is 5.52. The minimum absolute atomic E-state index is 0.466. The summed E-state index contributed by atoms with van der Waals surface area (Å²) >= 11 is 0. The number of rotatable bonds is 6. The number of pyridine rings is 1. The molecule has 0 fully saturated rings. The number of aromatic amines is 1. The minimum atomic E-state index is -0.466. The van der Waals surface area contributed by atoms with Gasteiger partial charge in [0, 0.05) is 27.3 Å². The predicted molar refractivity (Wildman–Crippen MR) is 74.2 cm³/mol. The molecule has 0 aliphatic carbocycles. The Morgan fingerprint density at radius 2 is 1.84 bits per heavy atom. The Morgan fingerprint density at radius 3 is 2.42 bits per heavy atom. The molecule has 1 N–H and O–H groups in total. The van der Waals surface area contributed by atoms with Gasteiger partial charge < -0.3 is 19.4 Å². The summed E-state index contributed by atoms with van der Waals surface area (Å²) in [5.74, 6) is 1.53. The molecule has 0 saturated carbocycles. The first kappa shape index (κ1) is 13.8. The molecule has 0 spiro atoms. The minimum Gasteiger partial charge on any atom is -0.363 e. The second-order valence-corrected chi connectivity index (χ2v) is 4.30. The van der Waals surface area contributed by atoms with Gasteiger partial charge in [-0.15, -0.1) is 0 Å². The topological polar surface area (TPSA) is 63.3 Å². The van der Waals surface area contributed by atoms with E-state index in [4.69, 9.17) is 9.47 Å². The van der Waals surface area contributed by atoms with E-state index >= 15 is 0 Å². The highest BCUT2D eigenvalue weighted by molar-refractivity contribution is 5.73. The number of H-pyrrole nitrogens is 1. The van der Waals surface area contributed by atoms with Gasteiger partial charge in [0.05, 0.1) is 5.52 Å². The van der Waals surface area contributed by atoms with E-state index in [1.165, 1.54) is 0 Å². The van der Waals surface area contributed by atoms with Crippen LogP contribution in [0.2, 0.25) is 0 Å². The van der Waals surface area contributed by atoms with Crippen LogP contribution in [0.3, 0.4) is 0 Å². The summed E-state index contributed by atoms with van der Waals surface area (Å²) in [5.41, 5.74) is 1.55. The molecule has 0 radical (unpaired) electrons. The first-order chi connectivity index (χ1) is 9.15. The highest BCUT2D eigenvalue weighted by Gasteiger charge is 2.16. The highest BCUT2D eigenvalue weighted by Crippen LogP contribution is 2.20. The van der Waals surface area contributed by atoms with E-state index in [2.05, 4.69) is 15.0 Å². The summed E-state index contributed by atoms with van der Waals surface area (Å²) in [6.45, 7) is 4.99. The fourth-order valence-electron chi connectivity index (χ4n) is 1.77. The van der Waals surface area contributed by atoms with Crippen molar-refractivity contribution in [3.63, 3.8) is 0 Å². The fraction of sp³-hybridized carbons (Fsp3) is 0.538. The quantitative estimate of drug-likeness (QED) is 0.809. The van der Waals surface area contributed by atoms with Crippen molar-refractivity contribution < 1.29 is 9.47 Å². The van der Waals surface area contributed by atoms with Gasteiger partial charge in [-0.1, -0.05) is 0 Å². The molecule has 0 aliphatic rings. The van der Waals surface area contributed by atoms with Crippen LogP contribution >= 0.6 is 0 Å². The van der Waals surface area contributed by atoms with Crippen LogP contribution in [0, 0.1) is 0 Å². The van der Waals surface area contributed by atoms with E-state index in [0.717, 1.165) is 11.3 Å². The summed E-state index contributed by atoms with van der Waals surface area (Å²) < 4.78 is 11.0. The molecule has 6 heteroatoms. The maximum Gasteiger partial charge on any atom is 0.217 e. The zero-order chi connectivity index (χ0) is 13.8. The number of imidazole rings is 1. The lowest BCUT2D eigenvalue weighted by molar-refractivity contribution is -0.144. The molecule has 0 unspecified atom stereocenters. The second-order valence-electron chi connectivity index (χ2n) is 4.30. The molecule has 0 aliphatic heterocycles. The lowest BCUT2D eigenvalue weighted by Gasteiger charge is -2.13. The van der Waals surface area contributed by atoms with Crippen molar-refractivity contribution in [2.75, 3.05) is 32.2 Å². The fourth-order valence-corrected chi connectivity index (χ4v) is 1.77. The summed E-state index contributed by atoms with van der Waals surface area (Å²) in [5, 5.41) is 0. The molecular formula is C13H20N4O2. The Bertz CT molecular complexity index is 532. The smallest absolute Gasteiger partial charge is 0.217 e. The van der Waals surface area contributed by atoms with Crippen LogP contribution < -0.4 is 4.90 Å². The Morgan fingerprint density at radius 1 is 1.16 bits per heavy atom. The lowest BCUT2D eigenvalue weighted by Crippen LogP contribution is -2.10. The van der Waals surface area contributed by atoms with E-state index in [0.29, 0.717) is 24.7 Å². The van der Waals surface area contributed by atoms with Gasteiger partial charge in [0.15, 0.2) is 11.5 Å². The first-order valence-corrected chi connectivity index (χ1v) is 6.42. The standard InChI is InChI=1S/C13H20N4O2/c1-5-18-13(19-6-2)12-14-9-7-8-10(17(3)4)15-11(9)16-12/h7-8,13H,5-6H2,1-4H3,(H,14,15,16). The van der Waals surface area contributed by atoms with Crippen molar-refractivity contribution in [2.24, 2.45) is 0 Å². The van der Waals surface area contributed by atoms with Gasteiger partial charge in [-0.25, -0.2) is 9.97 Å². The van der Waals surface area contributed by atoms with E-state index in [1.54, 1.807) is 0 Å². The molecular weight excluding hydrogens is 244 g/mol. The van der Waals surface area contributed by atoms with Crippen LogP contribution in [0.5, 0.6) is 0 Å². The molecule has 2 aromatic heterocycles. The monoisotopic (exact) mass is 264 g/mol. The van der Waals surface area contributed by atoms with Gasteiger partial charge in [0.25, 0.3) is 0 Å². The number of fused-ring (bicyclic) bond motifs is 1. The van der Waals surface area contributed by atoms with Crippen molar-refractivity contribution in [1.82, 2.24) is 15.0 Å². The van der Waals surface area contributed by atoms with Crippen LogP contribution in [0.25, 0.3) is 11.2 Å². The molecule has 19 heavy (non-hydrogen) atoms. The van der Waals surface area contributed by atoms with Crippen molar-refractivity contribution >= 4 is 17.0 Å². The molecule has 0 saturated heterocycles. The number of hydrogen-bond donors (Lipinski definition) is 1. The number of nitrogens with one attached hydrogen (secondary N) is 1. The van der Waals surface area contributed by atoms with Crippen molar-refractivity contribution in [3.05, 3.63) is 18.0 Å². The third-order valence-electron chi connectivity index (χ3n) is 2.67. The van der Waals surface area contributed by atoms with Gasteiger partial charge in [-0.05, 0) is 26.0 Å². The summed E-state index contributed by atoms with van der Waals surface area (Å²) in [7, 11) is 3.90. The number of aromatic nitrogens is 3. The van der Waals surface area contributed by atoms with Crippen LogP contribution in [-0.4, -0.2) is 42.3 Å². The SMILES string of the molecule is CCOC(OCC)c1nc2nc(N(C)C)ccc2[nH]1. The number of nitrogens with zero attached hydrogens (tertiary/aromatic N) is 3. The molecule has 6 nitrogen and oxygen atoms in total. The molecule has 0 atom stereocenters. The van der Waals surface area contributed by atoms with Gasteiger partial charge in [0.1, 0.15) is 5.82 Å². The third kappa shape index (κ3) is 3.02. The van der Waals surface area contributed by atoms with E-state index in [1.807, 2.05) is 45.0 Å². The normalized spacial score (nSPS) is 11.4.